The van der Waals surface area contributed by atoms with Gasteiger partial charge in [-0.3, -0.25) is 19.3 Å². The lowest BCUT2D eigenvalue weighted by Crippen LogP contribution is -2.25. The van der Waals surface area contributed by atoms with Gasteiger partial charge in [-0.25, -0.2) is 4.98 Å². The van der Waals surface area contributed by atoms with Crippen molar-refractivity contribution in [3.8, 4) is 0 Å². The molecule has 0 saturated heterocycles. The first kappa shape index (κ1) is 13.9. The number of hydrogen-bond acceptors (Lipinski definition) is 5. The molecule has 3 heterocycles. The van der Waals surface area contributed by atoms with E-state index in [4.69, 9.17) is 0 Å². The zero-order valence-electron chi connectivity index (χ0n) is 12.2. The predicted octanol–water partition coefficient (Wildman–Crippen LogP) is 2.67. The first-order chi connectivity index (χ1) is 10.1. The minimum absolute atomic E-state index is 0.00861. The van der Waals surface area contributed by atoms with Gasteiger partial charge < -0.3 is 0 Å². The molecule has 0 bridgehead atoms. The van der Waals surface area contributed by atoms with E-state index in [1.807, 2.05) is 20.8 Å². The molecule has 0 aliphatic heterocycles. The number of rotatable bonds is 3. The van der Waals surface area contributed by atoms with Crippen molar-refractivity contribution >= 4 is 21.6 Å². The molecule has 0 aliphatic rings. The van der Waals surface area contributed by atoms with Crippen LogP contribution in [0.5, 0.6) is 0 Å². The minimum atomic E-state index is -0.00861. The highest BCUT2D eigenvalue weighted by Crippen LogP contribution is 2.26. The van der Waals surface area contributed by atoms with Crippen LogP contribution in [0.1, 0.15) is 29.1 Å². The lowest BCUT2D eigenvalue weighted by Gasteiger charge is -2.14. The van der Waals surface area contributed by atoms with Crippen LogP contribution in [0.3, 0.4) is 0 Å². The molecule has 0 aromatic carbocycles. The molecule has 0 amide bonds. The van der Waals surface area contributed by atoms with Gasteiger partial charge in [0.15, 0.2) is 0 Å². The molecule has 21 heavy (non-hydrogen) atoms. The number of fused-ring (bicyclic) bond motifs is 1. The summed E-state index contributed by atoms with van der Waals surface area (Å²) < 4.78 is 1.69. The molecular formula is C15H16N4OS. The second kappa shape index (κ2) is 5.37. The van der Waals surface area contributed by atoms with Crippen molar-refractivity contribution in [2.45, 2.75) is 33.2 Å². The molecule has 0 radical (unpaired) electrons. The summed E-state index contributed by atoms with van der Waals surface area (Å²) in [5.41, 5.74) is 1.93. The topological polar surface area (TPSA) is 60.7 Å². The smallest absolute Gasteiger partial charge is 0.262 e. The van der Waals surface area contributed by atoms with Gasteiger partial charge in [-0.15, -0.1) is 11.3 Å². The number of thiophene rings is 1. The number of nitrogens with zero attached hydrogens (tertiary/aromatic N) is 4. The van der Waals surface area contributed by atoms with Crippen molar-refractivity contribution in [3.05, 3.63) is 51.4 Å². The maximum absolute atomic E-state index is 12.7. The summed E-state index contributed by atoms with van der Waals surface area (Å²) >= 11 is 1.57. The number of hydrogen-bond donors (Lipinski definition) is 0. The lowest BCUT2D eigenvalue weighted by atomic mass is 10.1. The summed E-state index contributed by atoms with van der Waals surface area (Å²) in [7, 11) is 0. The van der Waals surface area contributed by atoms with E-state index < -0.39 is 0 Å². The van der Waals surface area contributed by atoms with Crippen LogP contribution >= 0.6 is 11.3 Å². The molecule has 0 N–H and O–H groups in total. The molecule has 0 fully saturated rings. The van der Waals surface area contributed by atoms with Crippen molar-refractivity contribution in [3.63, 3.8) is 0 Å². The third-order valence-electron chi connectivity index (χ3n) is 3.71. The fraction of sp³-hybridized carbons (Fsp3) is 0.333. The zero-order valence-corrected chi connectivity index (χ0v) is 13.0. The Balaban J connectivity index is 2.02. The highest BCUT2D eigenvalue weighted by molar-refractivity contribution is 7.18. The minimum Gasteiger partial charge on any atom is -0.295 e. The Morgan fingerprint density at radius 3 is 2.81 bits per heavy atom. The normalized spacial score (nSPS) is 12.7. The molecule has 0 spiro atoms. The molecule has 108 valence electrons. The van der Waals surface area contributed by atoms with Crippen molar-refractivity contribution < 1.29 is 0 Å². The Morgan fingerprint density at radius 2 is 2.10 bits per heavy atom. The van der Waals surface area contributed by atoms with Crippen molar-refractivity contribution in [2.75, 3.05) is 0 Å². The van der Waals surface area contributed by atoms with Gasteiger partial charge in [0, 0.05) is 35.9 Å². The Labute approximate surface area is 126 Å². The summed E-state index contributed by atoms with van der Waals surface area (Å²) in [5.74, 6) is 0. The second-order valence-electron chi connectivity index (χ2n) is 5.17. The number of aryl methyl sites for hydroxylation is 2. The predicted molar refractivity (Wildman–Crippen MR) is 83.8 cm³/mol. The van der Waals surface area contributed by atoms with Crippen LogP contribution in [0.4, 0.5) is 0 Å². The van der Waals surface area contributed by atoms with Gasteiger partial charge in [0.05, 0.1) is 17.4 Å². The van der Waals surface area contributed by atoms with Crippen molar-refractivity contribution in [1.29, 1.82) is 0 Å². The highest BCUT2D eigenvalue weighted by atomic mass is 32.1. The summed E-state index contributed by atoms with van der Waals surface area (Å²) in [6.07, 6.45) is 7.34. The lowest BCUT2D eigenvalue weighted by molar-refractivity contribution is 0.517. The van der Waals surface area contributed by atoms with Crippen molar-refractivity contribution in [2.24, 2.45) is 0 Å². The molecule has 0 unspecified atom stereocenters. The van der Waals surface area contributed by atoms with Gasteiger partial charge in [-0.05, 0) is 26.3 Å². The zero-order chi connectivity index (χ0) is 15.0. The maximum atomic E-state index is 12.7. The first-order valence-corrected chi connectivity index (χ1v) is 7.61. The van der Waals surface area contributed by atoms with E-state index in [2.05, 4.69) is 15.0 Å². The van der Waals surface area contributed by atoms with Crippen LogP contribution in [0.15, 0.2) is 29.7 Å². The van der Waals surface area contributed by atoms with Crippen LogP contribution < -0.4 is 5.56 Å². The maximum Gasteiger partial charge on any atom is 0.262 e. The highest BCUT2D eigenvalue weighted by Gasteiger charge is 2.15. The Morgan fingerprint density at radius 1 is 1.29 bits per heavy atom. The Hall–Kier alpha value is -2.08. The second-order valence-corrected chi connectivity index (χ2v) is 6.37. The average Bonchev–Trinajstić information content (AvgIpc) is 2.76. The molecule has 6 heteroatoms. The SMILES string of the molecule is Cc1sc2ncn([C@H](C)Cc3cnccn3)c(=O)c2c1C. The quantitative estimate of drug-likeness (QED) is 0.746. The third kappa shape index (κ3) is 2.47. The third-order valence-corrected chi connectivity index (χ3v) is 4.83. The first-order valence-electron chi connectivity index (χ1n) is 6.79. The van der Waals surface area contributed by atoms with E-state index in [-0.39, 0.29) is 11.6 Å². The van der Waals surface area contributed by atoms with Crippen LogP contribution in [0, 0.1) is 13.8 Å². The molecular weight excluding hydrogens is 284 g/mol. The van der Waals surface area contributed by atoms with Crippen LogP contribution in [-0.2, 0) is 6.42 Å². The monoisotopic (exact) mass is 300 g/mol. The van der Waals surface area contributed by atoms with E-state index in [0.29, 0.717) is 6.42 Å². The molecule has 5 nitrogen and oxygen atoms in total. The Bertz CT molecular complexity index is 838. The summed E-state index contributed by atoms with van der Waals surface area (Å²) in [4.78, 5) is 27.4. The molecule has 0 saturated carbocycles. The van der Waals surface area contributed by atoms with Crippen LogP contribution in [0.2, 0.25) is 0 Å². The number of aromatic nitrogens is 4. The Kier molecular flexibility index (Phi) is 3.55. The summed E-state index contributed by atoms with van der Waals surface area (Å²) in [6, 6.07) is -0.00861. The average molecular weight is 300 g/mol. The van der Waals surface area contributed by atoms with Crippen LogP contribution in [-0.4, -0.2) is 19.5 Å². The van der Waals surface area contributed by atoms with Gasteiger partial charge in [-0.2, -0.15) is 0 Å². The largest absolute Gasteiger partial charge is 0.295 e. The van der Waals surface area contributed by atoms with E-state index in [1.165, 1.54) is 0 Å². The fourth-order valence-corrected chi connectivity index (χ4v) is 3.39. The van der Waals surface area contributed by atoms with E-state index >= 15 is 0 Å². The van der Waals surface area contributed by atoms with Gasteiger partial charge >= 0.3 is 0 Å². The molecule has 3 aromatic rings. The molecule has 0 aliphatic carbocycles. The van der Waals surface area contributed by atoms with E-state index in [9.17, 15) is 4.79 Å². The van der Waals surface area contributed by atoms with Crippen LogP contribution in [0.25, 0.3) is 10.2 Å². The molecule has 3 aromatic heterocycles. The van der Waals surface area contributed by atoms with E-state index in [0.717, 1.165) is 26.4 Å². The standard InChI is InChI=1S/C15H16N4OS/c1-9(6-12-7-16-4-5-17-12)19-8-18-14-13(15(19)20)10(2)11(3)21-14/h4-5,7-9H,6H2,1-3H3/t9-/m1/s1. The van der Waals surface area contributed by atoms with Crippen molar-refractivity contribution in [1.82, 2.24) is 19.5 Å². The van der Waals surface area contributed by atoms with Gasteiger partial charge in [0.1, 0.15) is 4.83 Å². The molecule has 3 rings (SSSR count). The van der Waals surface area contributed by atoms with Gasteiger partial charge in [-0.1, -0.05) is 0 Å². The fourth-order valence-electron chi connectivity index (χ4n) is 2.40. The van der Waals surface area contributed by atoms with Gasteiger partial charge in [0.25, 0.3) is 5.56 Å². The van der Waals surface area contributed by atoms with Gasteiger partial charge in [0.2, 0.25) is 0 Å². The summed E-state index contributed by atoms with van der Waals surface area (Å²) in [6.45, 7) is 6.00. The molecule has 1 atom stereocenters. The summed E-state index contributed by atoms with van der Waals surface area (Å²) in [5, 5.41) is 0.742. The van der Waals surface area contributed by atoms with E-state index in [1.54, 1.807) is 40.8 Å².